The molecule has 0 atom stereocenters. The zero-order valence-electron chi connectivity index (χ0n) is 7.74. The van der Waals surface area contributed by atoms with Crippen LogP contribution in [-0.2, 0) is 12.4 Å². The topological polar surface area (TPSA) is 53.4 Å². The summed E-state index contributed by atoms with van der Waals surface area (Å²) in [5.74, 6) is 0.880. The van der Waals surface area contributed by atoms with Crippen LogP contribution in [0.3, 0.4) is 0 Å². The smallest absolute Gasteiger partial charge is 0.142 e. The quantitative estimate of drug-likeness (QED) is 0.773. The van der Waals surface area contributed by atoms with Gasteiger partial charge in [-0.1, -0.05) is 0 Å². The Bertz CT molecular complexity index is 302. The fourth-order valence-corrected chi connectivity index (χ4v) is 1.70. The minimum Gasteiger partial charge on any atom is -0.506 e. The van der Waals surface area contributed by atoms with Crippen molar-refractivity contribution in [2.45, 2.75) is 19.3 Å². The second kappa shape index (κ2) is 4.48. The predicted molar refractivity (Wildman–Crippen MR) is 53.8 cm³/mol. The van der Waals surface area contributed by atoms with Crippen LogP contribution in [0.25, 0.3) is 0 Å². The minimum absolute atomic E-state index is 0.119. The first-order valence-electron chi connectivity index (χ1n) is 3.96. The van der Waals surface area contributed by atoms with E-state index in [0.717, 1.165) is 11.3 Å². The number of hydrogen-bond donors (Lipinski definition) is 2. The number of aromatic nitrogens is 1. The Morgan fingerprint density at radius 2 is 2.23 bits per heavy atom. The molecule has 1 heterocycles. The van der Waals surface area contributed by atoms with E-state index in [2.05, 4.69) is 4.98 Å². The molecule has 2 N–H and O–H groups in total. The van der Waals surface area contributed by atoms with Crippen LogP contribution in [0, 0.1) is 6.92 Å². The Kier molecular flexibility index (Phi) is 3.57. The van der Waals surface area contributed by atoms with Gasteiger partial charge in [0.15, 0.2) is 0 Å². The largest absolute Gasteiger partial charge is 0.506 e. The standard InChI is InChI=1S/C9H13NO2S/c1-6-9(12)8(4-11)7(3-10-6)5-13-2/h3,11-12H,4-5H2,1-2H3. The SMILES string of the molecule is CSCc1cnc(C)c(O)c1CO. The molecule has 0 saturated carbocycles. The molecule has 1 rings (SSSR count). The van der Waals surface area contributed by atoms with Gasteiger partial charge < -0.3 is 10.2 Å². The molecule has 13 heavy (non-hydrogen) atoms. The fraction of sp³-hybridized carbons (Fsp3) is 0.444. The van der Waals surface area contributed by atoms with E-state index in [-0.39, 0.29) is 12.4 Å². The molecule has 0 aliphatic carbocycles. The van der Waals surface area contributed by atoms with Gasteiger partial charge in [0.05, 0.1) is 12.3 Å². The lowest BCUT2D eigenvalue weighted by molar-refractivity contribution is 0.274. The number of hydrogen-bond acceptors (Lipinski definition) is 4. The van der Waals surface area contributed by atoms with E-state index in [4.69, 9.17) is 5.11 Å². The van der Waals surface area contributed by atoms with E-state index in [1.54, 1.807) is 24.9 Å². The highest BCUT2D eigenvalue weighted by Gasteiger charge is 2.09. The summed E-state index contributed by atoms with van der Waals surface area (Å²) in [4.78, 5) is 4.03. The third kappa shape index (κ3) is 2.14. The van der Waals surface area contributed by atoms with E-state index < -0.39 is 0 Å². The molecule has 0 aromatic carbocycles. The highest BCUT2D eigenvalue weighted by atomic mass is 32.2. The Hall–Kier alpha value is -0.740. The Labute approximate surface area is 81.8 Å². The van der Waals surface area contributed by atoms with Crippen LogP contribution in [-0.4, -0.2) is 21.5 Å². The van der Waals surface area contributed by atoms with Gasteiger partial charge in [-0.05, 0) is 18.7 Å². The van der Waals surface area contributed by atoms with Gasteiger partial charge in [-0.15, -0.1) is 0 Å². The van der Waals surface area contributed by atoms with Crippen molar-refractivity contribution in [1.29, 1.82) is 0 Å². The van der Waals surface area contributed by atoms with Gasteiger partial charge in [-0.3, -0.25) is 4.98 Å². The van der Waals surface area contributed by atoms with Crippen LogP contribution in [0.15, 0.2) is 6.20 Å². The zero-order chi connectivity index (χ0) is 9.84. The van der Waals surface area contributed by atoms with E-state index in [0.29, 0.717) is 11.3 Å². The number of aliphatic hydroxyl groups is 1. The molecule has 4 heteroatoms. The second-order valence-electron chi connectivity index (χ2n) is 2.79. The summed E-state index contributed by atoms with van der Waals surface area (Å²) in [6.07, 6.45) is 3.68. The number of thioether (sulfide) groups is 1. The molecule has 3 nitrogen and oxygen atoms in total. The molecule has 0 fully saturated rings. The van der Waals surface area contributed by atoms with Gasteiger partial charge in [0, 0.05) is 17.5 Å². The monoisotopic (exact) mass is 199 g/mol. The molecule has 1 aromatic heterocycles. The fourth-order valence-electron chi connectivity index (χ4n) is 1.14. The third-order valence-corrected chi connectivity index (χ3v) is 2.49. The Morgan fingerprint density at radius 3 is 2.77 bits per heavy atom. The molecule has 0 radical (unpaired) electrons. The van der Waals surface area contributed by atoms with Crippen molar-refractivity contribution >= 4 is 11.8 Å². The van der Waals surface area contributed by atoms with E-state index in [1.165, 1.54) is 0 Å². The molecule has 0 amide bonds. The molecule has 1 aromatic rings. The average Bonchev–Trinajstić information content (AvgIpc) is 2.12. The molecule has 0 bridgehead atoms. The van der Waals surface area contributed by atoms with Crippen molar-refractivity contribution in [3.8, 4) is 5.75 Å². The lowest BCUT2D eigenvalue weighted by Gasteiger charge is -2.09. The minimum atomic E-state index is -0.134. The molecular weight excluding hydrogens is 186 g/mol. The highest BCUT2D eigenvalue weighted by molar-refractivity contribution is 7.97. The van der Waals surface area contributed by atoms with E-state index in [1.807, 2.05) is 6.26 Å². The van der Waals surface area contributed by atoms with Crippen LogP contribution in [0.4, 0.5) is 0 Å². The van der Waals surface area contributed by atoms with Crippen molar-refractivity contribution in [2.75, 3.05) is 6.26 Å². The summed E-state index contributed by atoms with van der Waals surface area (Å²) in [7, 11) is 0. The lowest BCUT2D eigenvalue weighted by atomic mass is 10.1. The molecule has 72 valence electrons. The second-order valence-corrected chi connectivity index (χ2v) is 3.65. The summed E-state index contributed by atoms with van der Waals surface area (Å²) >= 11 is 1.64. The summed E-state index contributed by atoms with van der Waals surface area (Å²) in [6.45, 7) is 1.59. The first kappa shape index (κ1) is 10.3. The summed E-state index contributed by atoms with van der Waals surface area (Å²) in [5.41, 5.74) is 2.06. The zero-order valence-corrected chi connectivity index (χ0v) is 8.56. The van der Waals surface area contributed by atoms with Gasteiger partial charge in [0.25, 0.3) is 0 Å². The first-order valence-corrected chi connectivity index (χ1v) is 5.36. The molecule has 0 aliphatic heterocycles. The Balaban J connectivity index is 3.13. The van der Waals surface area contributed by atoms with Crippen LogP contribution < -0.4 is 0 Å². The predicted octanol–water partition coefficient (Wildman–Crippen LogP) is 1.45. The maximum absolute atomic E-state index is 9.57. The number of aromatic hydroxyl groups is 1. The van der Waals surface area contributed by atoms with Crippen LogP contribution in [0.5, 0.6) is 5.75 Å². The number of nitrogens with zero attached hydrogens (tertiary/aromatic N) is 1. The van der Waals surface area contributed by atoms with Crippen molar-refractivity contribution in [2.24, 2.45) is 0 Å². The maximum Gasteiger partial charge on any atom is 0.142 e. The van der Waals surface area contributed by atoms with Gasteiger partial charge in [0.1, 0.15) is 5.75 Å². The van der Waals surface area contributed by atoms with Crippen molar-refractivity contribution in [3.63, 3.8) is 0 Å². The summed E-state index contributed by atoms with van der Waals surface area (Å²) < 4.78 is 0. The van der Waals surface area contributed by atoms with Crippen LogP contribution in [0.2, 0.25) is 0 Å². The van der Waals surface area contributed by atoms with Gasteiger partial charge in [-0.2, -0.15) is 11.8 Å². The van der Waals surface area contributed by atoms with Gasteiger partial charge in [0.2, 0.25) is 0 Å². The summed E-state index contributed by atoms with van der Waals surface area (Å²) in [5, 5.41) is 18.6. The molecule has 0 spiro atoms. The molecule has 0 saturated heterocycles. The maximum atomic E-state index is 9.57. The van der Waals surface area contributed by atoms with Crippen molar-refractivity contribution < 1.29 is 10.2 Å². The van der Waals surface area contributed by atoms with Crippen LogP contribution >= 0.6 is 11.8 Å². The van der Waals surface area contributed by atoms with Crippen LogP contribution in [0.1, 0.15) is 16.8 Å². The number of pyridine rings is 1. The molecule has 0 aliphatic rings. The first-order chi connectivity index (χ1) is 6.20. The summed E-state index contributed by atoms with van der Waals surface area (Å²) in [6, 6.07) is 0. The number of aryl methyl sites for hydroxylation is 1. The lowest BCUT2D eigenvalue weighted by Crippen LogP contribution is -1.97. The molecule has 0 unspecified atom stereocenters. The van der Waals surface area contributed by atoms with Crippen molar-refractivity contribution in [1.82, 2.24) is 4.98 Å². The van der Waals surface area contributed by atoms with E-state index >= 15 is 0 Å². The third-order valence-electron chi connectivity index (χ3n) is 1.89. The number of rotatable bonds is 3. The van der Waals surface area contributed by atoms with Crippen molar-refractivity contribution in [3.05, 3.63) is 23.0 Å². The highest BCUT2D eigenvalue weighted by Crippen LogP contribution is 2.25. The number of aliphatic hydroxyl groups excluding tert-OH is 1. The van der Waals surface area contributed by atoms with E-state index in [9.17, 15) is 5.11 Å². The Morgan fingerprint density at radius 1 is 1.54 bits per heavy atom. The van der Waals surface area contributed by atoms with Gasteiger partial charge >= 0.3 is 0 Å². The normalized spacial score (nSPS) is 10.4. The van der Waals surface area contributed by atoms with Gasteiger partial charge in [-0.25, -0.2) is 0 Å². The molecular formula is C9H13NO2S. The average molecular weight is 199 g/mol.